The van der Waals surface area contributed by atoms with Gasteiger partial charge in [0.15, 0.2) is 14.3 Å². The molecule has 76 heavy (non-hydrogen) atoms. The van der Waals surface area contributed by atoms with Gasteiger partial charge in [-0.3, -0.25) is 0 Å². The van der Waals surface area contributed by atoms with Gasteiger partial charge < -0.3 is 37.1 Å². The predicted molar refractivity (Wildman–Crippen MR) is 322 cm³/mol. The molecule has 11 rings (SSSR count). The van der Waals surface area contributed by atoms with Crippen LogP contribution in [0.25, 0.3) is 21.5 Å². The van der Waals surface area contributed by atoms with E-state index < -0.39 is 46.6 Å². The number of rotatable bonds is 8. The second-order valence-corrected chi connectivity index (χ2v) is 29.1. The van der Waals surface area contributed by atoms with Crippen molar-refractivity contribution >= 4 is 110 Å². The van der Waals surface area contributed by atoms with Gasteiger partial charge in [0.2, 0.25) is 0 Å². The lowest BCUT2D eigenvalue weighted by atomic mass is 9.49. The topological polar surface area (TPSA) is 89.5 Å². The van der Waals surface area contributed by atoms with Gasteiger partial charge in [0.05, 0.1) is 33.6 Å². The molecule has 3 aliphatic rings. The first-order valence-electron chi connectivity index (χ1n) is 26.0. The van der Waals surface area contributed by atoms with E-state index >= 15 is 4.57 Å². The van der Waals surface area contributed by atoms with Crippen molar-refractivity contribution in [2.45, 2.75) is 117 Å². The van der Waals surface area contributed by atoms with Crippen molar-refractivity contribution in [3.8, 4) is 0 Å². The first-order valence-corrected chi connectivity index (χ1v) is 30.2. The lowest BCUT2D eigenvalue weighted by Gasteiger charge is -2.32. The summed E-state index contributed by atoms with van der Waals surface area (Å²) in [7, 11) is -7.75. The van der Waals surface area contributed by atoms with Gasteiger partial charge in [0, 0.05) is 36.3 Å². The number of hydrogen-bond donors (Lipinski definition) is 0. The largest absolute Gasteiger partial charge is 0.495 e. The zero-order valence-corrected chi connectivity index (χ0v) is 49.1. The summed E-state index contributed by atoms with van der Waals surface area (Å²) in [4.78, 5) is 0. The lowest BCUT2D eigenvalue weighted by molar-refractivity contribution is 0.00578. The Kier molecular flexibility index (Phi) is 15.5. The molecule has 8 nitrogen and oxygen atoms in total. The molecule has 8 aromatic carbocycles. The van der Waals surface area contributed by atoms with Gasteiger partial charge in [-0.2, -0.15) is 0 Å². The Labute approximate surface area is 459 Å². The van der Waals surface area contributed by atoms with Gasteiger partial charge in [0.1, 0.15) is 0 Å². The SMILES string of the molecule is CC1(C)OB(B2OC(C)(C)C(C)(C)O2)OC1(C)C.CC1(C)OB(c2cc3ccccc3cc2P(=O)(c2ccccc2)c2ccccc2)OC1(C)C.O=P(c1ccccc1)(c1ccccc1)c1cc2ccccc2cc1Br. The van der Waals surface area contributed by atoms with E-state index in [-0.39, 0.29) is 22.4 Å². The molecule has 0 amide bonds. The minimum Gasteiger partial charge on any atom is -0.405 e. The standard InChI is InChI=1S/C28H28BO3P.C22H16BrOP.C12H24B2O4/c1-27(2)28(3,4)32-29(31-27)25-19-21-13-11-12-14-22(21)20-26(25)33(30,23-15-7-5-8-16-23)24-17-9-6-10-18-24;23-21-15-17-9-7-8-10-18(17)16-22(21)25(24,19-11-3-1-4-12-19)20-13-5-2-6-14-20;1-9(2)10(3,4)16-13(15-9)14-17-11(5,6)12(7,8)18-14/h5-20H,1-4H3;1-16H;1-8H3. The van der Waals surface area contributed by atoms with E-state index in [0.29, 0.717) is 0 Å². The third kappa shape index (κ3) is 10.6. The van der Waals surface area contributed by atoms with Crippen molar-refractivity contribution in [3.05, 3.63) is 199 Å². The quantitative estimate of drug-likeness (QED) is 0.110. The third-order valence-electron chi connectivity index (χ3n) is 16.1. The first kappa shape index (κ1) is 55.9. The van der Waals surface area contributed by atoms with Crippen molar-refractivity contribution in [1.82, 2.24) is 0 Å². The molecule has 14 heteroatoms. The Bertz CT molecular complexity index is 3280. The smallest absolute Gasteiger partial charge is 0.405 e. The van der Waals surface area contributed by atoms with Crippen LogP contribution in [0.15, 0.2) is 199 Å². The molecule has 8 aromatic rings. The lowest BCUT2D eigenvalue weighted by Crippen LogP contribution is -2.46. The summed E-state index contributed by atoms with van der Waals surface area (Å²) in [6.07, 6.45) is 0. The molecule has 0 aliphatic carbocycles. The molecule has 3 aliphatic heterocycles. The molecule has 3 heterocycles. The van der Waals surface area contributed by atoms with Crippen molar-refractivity contribution < 1.29 is 37.1 Å². The van der Waals surface area contributed by atoms with Gasteiger partial charge in [-0.05, 0) is 144 Å². The van der Waals surface area contributed by atoms with Crippen molar-refractivity contribution in [2.75, 3.05) is 0 Å². The van der Waals surface area contributed by atoms with Gasteiger partial charge in [0.25, 0.3) is 0 Å². The highest BCUT2D eigenvalue weighted by Crippen LogP contribution is 2.47. The van der Waals surface area contributed by atoms with Gasteiger partial charge in [-0.25, -0.2) is 0 Å². The summed E-state index contributed by atoms with van der Waals surface area (Å²) in [6.45, 7) is 24.4. The van der Waals surface area contributed by atoms with Gasteiger partial charge >= 0.3 is 21.1 Å². The molecule has 0 saturated carbocycles. The van der Waals surface area contributed by atoms with Crippen LogP contribution in [-0.4, -0.2) is 54.7 Å². The van der Waals surface area contributed by atoms with Crippen molar-refractivity contribution in [2.24, 2.45) is 0 Å². The summed E-state index contributed by atoms with van der Waals surface area (Å²) < 4.78 is 67.4. The van der Waals surface area contributed by atoms with Gasteiger partial charge in [-0.1, -0.05) is 176 Å². The molecule has 3 fully saturated rings. The molecule has 0 unspecified atom stereocenters. The normalized spacial score (nSPS) is 18.9. The molecule has 0 spiro atoms. The maximum absolute atomic E-state index is 15.3. The predicted octanol–water partition coefficient (Wildman–Crippen LogP) is 12.3. The summed E-state index contributed by atoms with van der Waals surface area (Å²) in [5.74, 6) is 0. The number of halogens is 1. The third-order valence-corrected chi connectivity index (χ3v) is 23.3. The summed E-state index contributed by atoms with van der Waals surface area (Å²) >= 11 is 3.68. The Morgan fingerprint density at radius 1 is 0.329 bits per heavy atom. The van der Waals surface area contributed by atoms with E-state index in [1.54, 1.807) is 0 Å². The monoisotopic (exact) mass is 1110 g/mol. The maximum atomic E-state index is 15.3. The highest BCUT2D eigenvalue weighted by molar-refractivity contribution is 9.10. The average Bonchev–Trinajstić information content (AvgIpc) is 3.88. The molecular weight excluding hydrogens is 1050 g/mol. The average molecular weight is 1120 g/mol. The van der Waals surface area contributed by atoms with Crippen LogP contribution in [0.2, 0.25) is 0 Å². The van der Waals surface area contributed by atoms with Crippen molar-refractivity contribution in [3.63, 3.8) is 0 Å². The number of fused-ring (bicyclic) bond motifs is 2. The second-order valence-electron chi connectivity index (χ2n) is 22.8. The van der Waals surface area contributed by atoms with E-state index in [4.69, 9.17) is 27.9 Å². The molecule has 0 N–H and O–H groups in total. The number of benzene rings is 8. The summed E-state index contributed by atoms with van der Waals surface area (Å²) in [5, 5.41) is 9.21. The van der Waals surface area contributed by atoms with Crippen LogP contribution in [-0.2, 0) is 37.1 Å². The molecule has 0 atom stereocenters. The molecule has 390 valence electrons. The van der Waals surface area contributed by atoms with Crippen molar-refractivity contribution in [1.29, 1.82) is 0 Å². The Morgan fingerprint density at radius 2 is 0.579 bits per heavy atom. The van der Waals surface area contributed by atoms with E-state index in [0.717, 1.165) is 63.3 Å². The minimum absolute atomic E-state index is 0.360. The highest BCUT2D eigenvalue weighted by atomic mass is 79.9. The van der Waals surface area contributed by atoms with Crippen LogP contribution in [0.4, 0.5) is 0 Å². The fourth-order valence-electron chi connectivity index (χ4n) is 9.52. The minimum atomic E-state index is -3.21. The molecule has 0 bridgehead atoms. The fraction of sp³-hybridized carbons (Fsp3) is 0.290. The zero-order valence-electron chi connectivity index (χ0n) is 45.7. The first-order chi connectivity index (χ1) is 35.8. The Morgan fingerprint density at radius 3 is 0.908 bits per heavy atom. The Balaban J connectivity index is 0.000000146. The number of hydrogen-bond acceptors (Lipinski definition) is 8. The van der Waals surface area contributed by atoms with E-state index in [9.17, 15) is 4.57 Å². The molecule has 0 aromatic heterocycles. The maximum Gasteiger partial charge on any atom is 0.495 e. The van der Waals surface area contributed by atoms with Crippen LogP contribution in [0, 0.1) is 0 Å². The zero-order chi connectivity index (χ0) is 54.5. The highest BCUT2D eigenvalue weighted by Gasteiger charge is 2.64. The summed E-state index contributed by atoms with van der Waals surface area (Å²) in [6, 6.07) is 63.6. The van der Waals surface area contributed by atoms with Crippen LogP contribution in [0.1, 0.15) is 83.1 Å². The van der Waals surface area contributed by atoms with E-state index in [1.807, 2.05) is 229 Å². The van der Waals surface area contributed by atoms with Crippen LogP contribution >= 0.6 is 30.2 Å². The van der Waals surface area contributed by atoms with Gasteiger partial charge in [-0.15, -0.1) is 0 Å². The van der Waals surface area contributed by atoms with E-state index in [1.165, 1.54) is 0 Å². The fourth-order valence-corrected chi connectivity index (χ4v) is 16.3. The molecule has 0 radical (unpaired) electrons. The second kappa shape index (κ2) is 21.1. The molecule has 3 saturated heterocycles. The van der Waals surface area contributed by atoms with Crippen LogP contribution in [0.5, 0.6) is 0 Å². The Hall–Kier alpha value is -4.83. The molecular formula is C62H68B3BrO8P2. The summed E-state index contributed by atoms with van der Waals surface area (Å²) in [5.41, 5.74) is -1.61. The van der Waals surface area contributed by atoms with E-state index in [2.05, 4.69) is 64.5 Å². The van der Waals surface area contributed by atoms with Crippen LogP contribution < -0.4 is 37.3 Å². The van der Waals surface area contributed by atoms with Crippen LogP contribution in [0.3, 0.4) is 0 Å².